The lowest BCUT2D eigenvalue weighted by Crippen LogP contribution is -2.22. The van der Waals surface area contributed by atoms with Crippen LogP contribution in [0.25, 0.3) is 0 Å². The summed E-state index contributed by atoms with van der Waals surface area (Å²) in [6.07, 6.45) is 0. The predicted molar refractivity (Wildman–Crippen MR) is 97.4 cm³/mol. The van der Waals surface area contributed by atoms with Gasteiger partial charge in [-0.2, -0.15) is 0 Å². The summed E-state index contributed by atoms with van der Waals surface area (Å²) in [6, 6.07) is 7.61. The predicted octanol–water partition coefficient (Wildman–Crippen LogP) is 3.38. The van der Waals surface area contributed by atoms with E-state index in [9.17, 15) is 14.9 Å². The second-order valence-electron chi connectivity index (χ2n) is 5.63. The number of amides is 1. The van der Waals surface area contributed by atoms with Crippen LogP contribution in [0.3, 0.4) is 0 Å². The molecule has 3 rings (SSSR count). The topological polar surface area (TPSA) is 103 Å². The Bertz CT molecular complexity index is 872. The summed E-state index contributed by atoms with van der Waals surface area (Å²) in [6.45, 7) is 2.59. The minimum absolute atomic E-state index is 0.0478. The summed E-state index contributed by atoms with van der Waals surface area (Å²) in [5, 5.41) is 16.8. The molecule has 0 radical (unpaired) electrons. The number of hydrogen-bond acceptors (Lipinski definition) is 6. The Morgan fingerprint density at radius 1 is 1.19 bits per heavy atom. The maximum atomic E-state index is 12.2. The van der Waals surface area contributed by atoms with E-state index in [1.165, 1.54) is 12.1 Å². The first-order chi connectivity index (χ1) is 12.4. The van der Waals surface area contributed by atoms with Crippen LogP contribution in [0.5, 0.6) is 11.5 Å². The number of carbonyl (C=O) groups excluding carboxylic acids is 1. The van der Waals surface area contributed by atoms with Gasteiger partial charge in [0.05, 0.1) is 22.2 Å². The lowest BCUT2D eigenvalue weighted by molar-refractivity contribution is -0.384. The Morgan fingerprint density at radius 2 is 1.88 bits per heavy atom. The number of rotatable bonds is 5. The van der Waals surface area contributed by atoms with Gasteiger partial charge >= 0.3 is 0 Å². The van der Waals surface area contributed by atoms with Gasteiger partial charge in [0.25, 0.3) is 5.69 Å². The molecule has 0 aromatic heterocycles. The zero-order chi connectivity index (χ0) is 18.7. The lowest BCUT2D eigenvalue weighted by atomic mass is 10.2. The quantitative estimate of drug-likeness (QED) is 0.611. The fourth-order valence-electron chi connectivity index (χ4n) is 2.44. The molecule has 0 bridgehead atoms. The van der Waals surface area contributed by atoms with Crippen molar-refractivity contribution in [3.05, 3.63) is 51.0 Å². The molecule has 0 fully saturated rings. The summed E-state index contributed by atoms with van der Waals surface area (Å²) < 4.78 is 10.9. The number of anilines is 2. The Balaban J connectivity index is 1.66. The van der Waals surface area contributed by atoms with Gasteiger partial charge < -0.3 is 20.1 Å². The fourth-order valence-corrected chi connectivity index (χ4v) is 2.64. The van der Waals surface area contributed by atoms with Crippen molar-refractivity contribution in [3.8, 4) is 11.5 Å². The van der Waals surface area contributed by atoms with Gasteiger partial charge in [-0.3, -0.25) is 14.9 Å². The maximum Gasteiger partial charge on any atom is 0.271 e. The van der Waals surface area contributed by atoms with Crippen molar-refractivity contribution in [2.45, 2.75) is 6.92 Å². The van der Waals surface area contributed by atoms with Crippen LogP contribution in [0.15, 0.2) is 30.3 Å². The van der Waals surface area contributed by atoms with Gasteiger partial charge in [-0.1, -0.05) is 17.7 Å². The molecule has 26 heavy (non-hydrogen) atoms. The molecule has 2 aromatic rings. The standard InChI is InChI=1S/C17H16ClN3O5/c1-10-2-3-11(21(23)24)6-13(10)19-9-17(22)20-14-8-16-15(7-12(14)18)25-4-5-26-16/h2-3,6-8,19H,4-5,9H2,1H3,(H,20,22). The number of benzene rings is 2. The van der Waals surface area contributed by atoms with E-state index in [0.29, 0.717) is 41.1 Å². The van der Waals surface area contributed by atoms with Crippen molar-refractivity contribution in [2.75, 3.05) is 30.4 Å². The third-order valence-electron chi connectivity index (χ3n) is 3.78. The average molecular weight is 378 g/mol. The normalized spacial score (nSPS) is 12.4. The van der Waals surface area contributed by atoms with E-state index in [1.54, 1.807) is 25.1 Å². The third-order valence-corrected chi connectivity index (χ3v) is 4.09. The molecule has 0 aliphatic carbocycles. The zero-order valence-corrected chi connectivity index (χ0v) is 14.6. The van der Waals surface area contributed by atoms with Crippen LogP contribution in [0.1, 0.15) is 5.56 Å². The smallest absolute Gasteiger partial charge is 0.271 e. The van der Waals surface area contributed by atoms with Gasteiger partial charge in [0.1, 0.15) is 13.2 Å². The molecule has 2 aromatic carbocycles. The van der Waals surface area contributed by atoms with Crippen molar-refractivity contribution in [1.29, 1.82) is 0 Å². The van der Waals surface area contributed by atoms with Crippen LogP contribution in [0.4, 0.5) is 17.1 Å². The summed E-state index contributed by atoms with van der Waals surface area (Å²) in [5.74, 6) is 0.692. The lowest BCUT2D eigenvalue weighted by Gasteiger charge is -2.20. The van der Waals surface area contributed by atoms with Gasteiger partial charge in [-0.05, 0) is 12.5 Å². The van der Waals surface area contributed by atoms with E-state index in [2.05, 4.69) is 10.6 Å². The summed E-state index contributed by atoms with van der Waals surface area (Å²) in [5.41, 5.74) is 1.66. The van der Waals surface area contributed by atoms with E-state index in [-0.39, 0.29) is 18.1 Å². The largest absolute Gasteiger partial charge is 0.486 e. The van der Waals surface area contributed by atoms with E-state index in [4.69, 9.17) is 21.1 Å². The SMILES string of the molecule is Cc1ccc([N+](=O)[O-])cc1NCC(=O)Nc1cc2c(cc1Cl)OCCO2. The van der Waals surface area contributed by atoms with E-state index in [0.717, 1.165) is 5.56 Å². The van der Waals surface area contributed by atoms with Crippen LogP contribution in [-0.2, 0) is 4.79 Å². The van der Waals surface area contributed by atoms with E-state index >= 15 is 0 Å². The van der Waals surface area contributed by atoms with Crippen molar-refractivity contribution >= 4 is 34.6 Å². The van der Waals surface area contributed by atoms with Crippen molar-refractivity contribution in [1.82, 2.24) is 0 Å². The molecule has 8 nitrogen and oxygen atoms in total. The Labute approximate surface area is 154 Å². The van der Waals surface area contributed by atoms with Gasteiger partial charge in [-0.15, -0.1) is 0 Å². The molecular weight excluding hydrogens is 362 g/mol. The zero-order valence-electron chi connectivity index (χ0n) is 13.9. The summed E-state index contributed by atoms with van der Waals surface area (Å²) >= 11 is 6.16. The van der Waals surface area contributed by atoms with Gasteiger partial charge in [0.15, 0.2) is 11.5 Å². The number of nitro benzene ring substituents is 1. The first kappa shape index (κ1) is 17.8. The number of nitro groups is 1. The highest BCUT2D eigenvalue weighted by molar-refractivity contribution is 6.34. The summed E-state index contributed by atoms with van der Waals surface area (Å²) in [4.78, 5) is 22.6. The number of fused-ring (bicyclic) bond motifs is 1. The Morgan fingerprint density at radius 3 is 2.58 bits per heavy atom. The number of nitrogens with one attached hydrogen (secondary N) is 2. The molecule has 0 unspecified atom stereocenters. The fraction of sp³-hybridized carbons (Fsp3) is 0.235. The molecule has 9 heteroatoms. The number of non-ortho nitro benzene ring substituents is 1. The van der Waals surface area contributed by atoms with Gasteiger partial charge in [-0.25, -0.2) is 0 Å². The molecule has 0 spiro atoms. The number of ether oxygens (including phenoxy) is 2. The van der Waals surface area contributed by atoms with Crippen molar-refractivity contribution < 1.29 is 19.2 Å². The van der Waals surface area contributed by atoms with Crippen LogP contribution in [0.2, 0.25) is 5.02 Å². The van der Waals surface area contributed by atoms with Gasteiger partial charge in [0, 0.05) is 30.0 Å². The molecule has 0 saturated heterocycles. The molecule has 0 atom stereocenters. The van der Waals surface area contributed by atoms with Crippen molar-refractivity contribution in [2.24, 2.45) is 0 Å². The third kappa shape index (κ3) is 3.97. The highest BCUT2D eigenvalue weighted by Gasteiger charge is 2.16. The number of carbonyl (C=O) groups is 1. The maximum absolute atomic E-state index is 12.2. The first-order valence-corrected chi connectivity index (χ1v) is 8.20. The summed E-state index contributed by atoms with van der Waals surface area (Å²) in [7, 11) is 0. The second-order valence-corrected chi connectivity index (χ2v) is 6.04. The monoisotopic (exact) mass is 377 g/mol. The number of aryl methyl sites for hydroxylation is 1. The van der Waals surface area contributed by atoms with Crippen LogP contribution in [-0.4, -0.2) is 30.6 Å². The molecular formula is C17H16ClN3O5. The minimum atomic E-state index is -0.486. The van der Waals surface area contributed by atoms with E-state index in [1.807, 2.05) is 0 Å². The Kier molecular flexibility index (Phi) is 5.13. The molecule has 1 aliphatic heterocycles. The Hall–Kier alpha value is -3.00. The van der Waals surface area contributed by atoms with Gasteiger partial charge in [0.2, 0.25) is 5.91 Å². The highest BCUT2D eigenvalue weighted by atomic mass is 35.5. The van der Waals surface area contributed by atoms with Crippen LogP contribution in [0, 0.1) is 17.0 Å². The molecule has 1 heterocycles. The number of halogens is 1. The van der Waals surface area contributed by atoms with E-state index < -0.39 is 4.92 Å². The molecule has 0 saturated carbocycles. The molecule has 136 valence electrons. The average Bonchev–Trinajstić information content (AvgIpc) is 2.61. The highest BCUT2D eigenvalue weighted by Crippen LogP contribution is 2.37. The molecule has 1 amide bonds. The van der Waals surface area contributed by atoms with Crippen LogP contribution >= 0.6 is 11.6 Å². The molecule has 2 N–H and O–H groups in total. The van der Waals surface area contributed by atoms with Crippen LogP contribution < -0.4 is 20.1 Å². The number of nitrogens with zero attached hydrogens (tertiary/aromatic N) is 1. The first-order valence-electron chi connectivity index (χ1n) is 7.82. The van der Waals surface area contributed by atoms with Crippen molar-refractivity contribution in [3.63, 3.8) is 0 Å². The second kappa shape index (κ2) is 7.49. The minimum Gasteiger partial charge on any atom is -0.486 e. The number of hydrogen-bond donors (Lipinski definition) is 2. The molecule has 1 aliphatic rings.